The van der Waals surface area contributed by atoms with Crippen LogP contribution in [0.5, 0.6) is 0 Å². The number of nitrogens with zero attached hydrogens (tertiary/aromatic N) is 2. The molecule has 1 aliphatic rings. The Bertz CT molecular complexity index is 1180. The van der Waals surface area contributed by atoms with Crippen LogP contribution >= 0.6 is 0 Å². The molecular weight excluding hydrogens is 388 g/mol. The third kappa shape index (κ3) is 3.50. The van der Waals surface area contributed by atoms with Crippen molar-refractivity contribution in [2.24, 2.45) is 0 Å². The van der Waals surface area contributed by atoms with E-state index in [1.165, 1.54) is 24.3 Å². The number of nitrogens with one attached hydrogen (secondary N) is 1. The normalized spacial score (nSPS) is 15.2. The SMILES string of the molecule is Cc1cc(/C=C2/NC(=O)N(Cc3ccccc3F)C2=O)c(C)n1-c1ccc(F)cc1. The molecular formula is C23H19F2N3O2. The summed E-state index contributed by atoms with van der Waals surface area (Å²) in [6.07, 6.45) is 1.60. The first-order valence-corrected chi connectivity index (χ1v) is 9.38. The number of rotatable bonds is 4. The Hall–Kier alpha value is -3.74. The fourth-order valence-corrected chi connectivity index (χ4v) is 3.59. The maximum Gasteiger partial charge on any atom is 0.329 e. The van der Waals surface area contributed by atoms with Gasteiger partial charge in [-0.3, -0.25) is 9.69 Å². The summed E-state index contributed by atoms with van der Waals surface area (Å²) in [5.74, 6) is -1.31. The van der Waals surface area contributed by atoms with Crippen LogP contribution in [0.1, 0.15) is 22.5 Å². The van der Waals surface area contributed by atoms with Crippen molar-refractivity contribution in [3.05, 3.63) is 94.4 Å². The fourth-order valence-electron chi connectivity index (χ4n) is 3.59. The van der Waals surface area contributed by atoms with Gasteiger partial charge in [-0.05, 0) is 61.9 Å². The molecule has 0 bridgehead atoms. The molecule has 1 N–H and O–H groups in total. The van der Waals surface area contributed by atoms with Gasteiger partial charge in [0.15, 0.2) is 0 Å². The zero-order valence-corrected chi connectivity index (χ0v) is 16.4. The van der Waals surface area contributed by atoms with E-state index in [1.54, 1.807) is 30.3 Å². The molecule has 0 aliphatic carbocycles. The van der Waals surface area contributed by atoms with Crippen molar-refractivity contribution in [3.63, 3.8) is 0 Å². The third-order valence-electron chi connectivity index (χ3n) is 5.10. The number of aromatic nitrogens is 1. The Balaban J connectivity index is 1.63. The molecule has 2 heterocycles. The Morgan fingerprint density at radius 1 is 1.00 bits per heavy atom. The molecule has 3 amide bonds. The number of halogens is 2. The Morgan fingerprint density at radius 2 is 1.70 bits per heavy atom. The maximum absolute atomic E-state index is 13.9. The molecule has 1 saturated heterocycles. The monoisotopic (exact) mass is 407 g/mol. The van der Waals surface area contributed by atoms with Crippen molar-refractivity contribution in [3.8, 4) is 5.69 Å². The molecule has 0 spiro atoms. The third-order valence-corrected chi connectivity index (χ3v) is 5.10. The molecule has 152 valence electrons. The highest BCUT2D eigenvalue weighted by Gasteiger charge is 2.34. The van der Waals surface area contributed by atoms with E-state index < -0.39 is 17.8 Å². The molecule has 0 radical (unpaired) electrons. The van der Waals surface area contributed by atoms with Crippen LogP contribution in [-0.4, -0.2) is 21.4 Å². The molecule has 7 heteroatoms. The highest BCUT2D eigenvalue weighted by atomic mass is 19.1. The van der Waals surface area contributed by atoms with Crippen molar-refractivity contribution >= 4 is 18.0 Å². The van der Waals surface area contributed by atoms with Crippen molar-refractivity contribution in [2.45, 2.75) is 20.4 Å². The summed E-state index contributed by atoms with van der Waals surface area (Å²) in [6, 6.07) is 13.4. The topological polar surface area (TPSA) is 54.3 Å². The first kappa shape index (κ1) is 19.6. The summed E-state index contributed by atoms with van der Waals surface area (Å²) in [6.45, 7) is 3.63. The minimum absolute atomic E-state index is 0.121. The van der Waals surface area contributed by atoms with Gasteiger partial charge in [0.1, 0.15) is 17.3 Å². The highest BCUT2D eigenvalue weighted by molar-refractivity contribution is 6.14. The zero-order chi connectivity index (χ0) is 21.4. The van der Waals surface area contributed by atoms with Crippen molar-refractivity contribution in [1.82, 2.24) is 14.8 Å². The van der Waals surface area contributed by atoms with E-state index in [9.17, 15) is 18.4 Å². The summed E-state index contributed by atoms with van der Waals surface area (Å²) in [4.78, 5) is 26.0. The number of imide groups is 1. The number of benzene rings is 2. The molecule has 3 aromatic rings. The highest BCUT2D eigenvalue weighted by Crippen LogP contribution is 2.25. The zero-order valence-electron chi connectivity index (χ0n) is 16.4. The van der Waals surface area contributed by atoms with Gasteiger partial charge >= 0.3 is 6.03 Å². The lowest BCUT2D eigenvalue weighted by molar-refractivity contribution is -0.123. The van der Waals surface area contributed by atoms with Crippen LogP contribution in [0.3, 0.4) is 0 Å². The summed E-state index contributed by atoms with van der Waals surface area (Å²) in [5.41, 5.74) is 3.65. The van der Waals surface area contributed by atoms with Crippen LogP contribution in [-0.2, 0) is 11.3 Å². The van der Waals surface area contributed by atoms with E-state index in [4.69, 9.17) is 0 Å². The van der Waals surface area contributed by atoms with Crippen molar-refractivity contribution in [1.29, 1.82) is 0 Å². The van der Waals surface area contributed by atoms with E-state index in [2.05, 4.69) is 5.32 Å². The average Bonchev–Trinajstić information content (AvgIpc) is 3.14. The van der Waals surface area contributed by atoms with Gasteiger partial charge in [0.2, 0.25) is 0 Å². The first-order valence-electron chi connectivity index (χ1n) is 9.38. The minimum atomic E-state index is -0.596. The second-order valence-electron chi connectivity index (χ2n) is 7.11. The molecule has 1 aromatic heterocycles. The number of hydrogen-bond donors (Lipinski definition) is 1. The van der Waals surface area contributed by atoms with E-state index in [0.717, 1.165) is 27.5 Å². The largest absolute Gasteiger partial charge is 0.329 e. The standard InChI is InChI=1S/C23H19F2N3O2/c1-14-11-17(15(2)28(14)19-9-7-18(24)8-10-19)12-21-22(29)27(23(30)26-21)13-16-5-3-4-6-20(16)25/h3-12H,13H2,1-2H3,(H,26,30)/b21-12+. The van der Waals surface area contributed by atoms with Crippen LogP contribution in [0.2, 0.25) is 0 Å². The molecule has 0 atom stereocenters. The van der Waals surface area contributed by atoms with Gasteiger partial charge in [0.05, 0.1) is 6.54 Å². The second-order valence-corrected chi connectivity index (χ2v) is 7.11. The quantitative estimate of drug-likeness (QED) is 0.513. The number of urea groups is 1. The van der Waals surface area contributed by atoms with Gasteiger partial charge in [-0.25, -0.2) is 13.6 Å². The number of carbonyl (C=O) groups is 2. The predicted molar refractivity (Wildman–Crippen MR) is 109 cm³/mol. The molecule has 0 unspecified atom stereocenters. The molecule has 30 heavy (non-hydrogen) atoms. The van der Waals surface area contributed by atoms with E-state index >= 15 is 0 Å². The molecule has 1 aliphatic heterocycles. The van der Waals surface area contributed by atoms with Crippen LogP contribution in [0.25, 0.3) is 11.8 Å². The van der Waals surface area contributed by atoms with Gasteiger partial charge < -0.3 is 9.88 Å². The van der Waals surface area contributed by atoms with Crippen LogP contribution in [0.4, 0.5) is 13.6 Å². The van der Waals surface area contributed by atoms with E-state index in [0.29, 0.717) is 0 Å². The Labute approximate surface area is 172 Å². The van der Waals surface area contributed by atoms with Crippen molar-refractivity contribution < 1.29 is 18.4 Å². The Kier molecular flexibility index (Phi) is 4.95. The molecule has 4 rings (SSSR count). The first-order chi connectivity index (χ1) is 14.3. The van der Waals surface area contributed by atoms with Crippen LogP contribution in [0, 0.1) is 25.5 Å². The van der Waals surface area contributed by atoms with E-state index in [1.807, 2.05) is 24.5 Å². The summed E-state index contributed by atoms with van der Waals surface area (Å²) >= 11 is 0. The minimum Gasteiger partial charge on any atom is -0.318 e. The van der Waals surface area contributed by atoms with Crippen molar-refractivity contribution in [2.75, 3.05) is 0 Å². The summed E-state index contributed by atoms with van der Waals surface area (Å²) in [5, 5.41) is 2.56. The summed E-state index contributed by atoms with van der Waals surface area (Å²) in [7, 11) is 0. The van der Waals surface area contributed by atoms with Gasteiger partial charge in [-0.15, -0.1) is 0 Å². The molecule has 5 nitrogen and oxygen atoms in total. The second kappa shape index (κ2) is 7.59. The number of amides is 3. The number of carbonyl (C=O) groups excluding carboxylic acids is 2. The lowest BCUT2D eigenvalue weighted by atomic mass is 10.2. The molecule has 1 fully saturated rings. The fraction of sp³-hybridized carbons (Fsp3) is 0.130. The van der Waals surface area contributed by atoms with Crippen LogP contribution in [0.15, 0.2) is 60.3 Å². The van der Waals surface area contributed by atoms with Crippen LogP contribution < -0.4 is 5.32 Å². The predicted octanol–water partition coefficient (Wildman–Crippen LogP) is 4.47. The molecule has 0 saturated carbocycles. The van der Waals surface area contributed by atoms with Gasteiger partial charge in [-0.2, -0.15) is 0 Å². The van der Waals surface area contributed by atoms with E-state index in [-0.39, 0.29) is 23.6 Å². The van der Waals surface area contributed by atoms with Gasteiger partial charge in [-0.1, -0.05) is 18.2 Å². The Morgan fingerprint density at radius 3 is 2.40 bits per heavy atom. The van der Waals surface area contributed by atoms with Gasteiger partial charge in [0, 0.05) is 22.6 Å². The lowest BCUT2D eigenvalue weighted by Crippen LogP contribution is -2.30. The number of hydrogen-bond acceptors (Lipinski definition) is 2. The average molecular weight is 407 g/mol. The molecule has 2 aromatic carbocycles. The summed E-state index contributed by atoms with van der Waals surface area (Å²) < 4.78 is 29.1. The van der Waals surface area contributed by atoms with Gasteiger partial charge in [0.25, 0.3) is 5.91 Å². The number of aryl methyl sites for hydroxylation is 1. The smallest absolute Gasteiger partial charge is 0.318 e. The maximum atomic E-state index is 13.9. The lowest BCUT2D eigenvalue weighted by Gasteiger charge is -2.12.